The Morgan fingerprint density at radius 3 is 2.81 bits per heavy atom. The van der Waals surface area contributed by atoms with Crippen LogP contribution in [0.4, 0.5) is 4.79 Å². The number of nitrogens with zero attached hydrogens (tertiary/aromatic N) is 2. The summed E-state index contributed by atoms with van der Waals surface area (Å²) in [5.41, 5.74) is 0.962. The van der Waals surface area contributed by atoms with Crippen LogP contribution in [0, 0.1) is 0 Å². The Morgan fingerprint density at radius 2 is 2.08 bits per heavy atom. The fourth-order valence-corrected chi connectivity index (χ4v) is 2.64. The van der Waals surface area contributed by atoms with Crippen LogP contribution in [0.25, 0.3) is 11.3 Å². The van der Waals surface area contributed by atoms with Gasteiger partial charge in [0.15, 0.2) is 11.7 Å². The van der Waals surface area contributed by atoms with E-state index in [4.69, 9.17) is 4.42 Å². The largest absolute Gasteiger partial charge is 0.441 e. The number of hydrogen-bond donors (Lipinski definition) is 2. The lowest BCUT2D eigenvalue weighted by molar-refractivity contribution is -0.126. The molecule has 3 rings (SSSR count). The van der Waals surface area contributed by atoms with Gasteiger partial charge in [0.25, 0.3) is 0 Å². The van der Waals surface area contributed by atoms with E-state index >= 15 is 0 Å². The second kappa shape index (κ2) is 8.28. The number of aromatic nitrogens is 1. The first-order valence-corrected chi connectivity index (χ1v) is 8.48. The average Bonchev–Trinajstić information content (AvgIpc) is 3.24. The Morgan fingerprint density at radius 1 is 1.27 bits per heavy atom. The van der Waals surface area contributed by atoms with E-state index in [0.29, 0.717) is 30.9 Å². The van der Waals surface area contributed by atoms with Crippen molar-refractivity contribution in [3.05, 3.63) is 42.4 Å². The minimum Gasteiger partial charge on any atom is -0.441 e. The molecule has 1 fully saturated rings. The topological polar surface area (TPSA) is 105 Å². The summed E-state index contributed by atoms with van der Waals surface area (Å²) in [5, 5.41) is 5.14. The van der Waals surface area contributed by atoms with Gasteiger partial charge in [0.2, 0.25) is 11.8 Å². The van der Waals surface area contributed by atoms with Crippen LogP contribution in [0.3, 0.4) is 0 Å². The zero-order valence-electron chi connectivity index (χ0n) is 14.2. The van der Waals surface area contributed by atoms with E-state index in [1.165, 1.54) is 0 Å². The van der Waals surface area contributed by atoms with Gasteiger partial charge in [0, 0.05) is 31.5 Å². The summed E-state index contributed by atoms with van der Waals surface area (Å²) in [5.74, 6) is 0.892. The van der Waals surface area contributed by atoms with E-state index in [2.05, 4.69) is 15.6 Å². The number of urea groups is 1. The molecule has 0 bridgehead atoms. The number of hydrogen-bond acceptors (Lipinski definition) is 5. The van der Waals surface area contributed by atoms with Crippen molar-refractivity contribution < 1.29 is 18.8 Å². The van der Waals surface area contributed by atoms with Crippen molar-refractivity contribution in [1.82, 2.24) is 20.5 Å². The molecule has 2 N–H and O–H groups in total. The number of benzene rings is 1. The average molecular weight is 356 g/mol. The summed E-state index contributed by atoms with van der Waals surface area (Å²) < 4.78 is 5.69. The molecule has 1 aliphatic heterocycles. The molecule has 0 saturated carbocycles. The van der Waals surface area contributed by atoms with Crippen LogP contribution in [-0.2, 0) is 16.0 Å². The Bertz CT molecular complexity index is 771. The highest BCUT2D eigenvalue weighted by Gasteiger charge is 2.27. The van der Waals surface area contributed by atoms with Crippen molar-refractivity contribution in [2.45, 2.75) is 19.3 Å². The highest BCUT2D eigenvalue weighted by atomic mass is 16.4. The number of imide groups is 1. The zero-order valence-corrected chi connectivity index (χ0v) is 14.2. The second-order valence-corrected chi connectivity index (χ2v) is 5.89. The van der Waals surface area contributed by atoms with E-state index in [9.17, 15) is 14.4 Å². The van der Waals surface area contributed by atoms with Crippen LogP contribution in [0.1, 0.15) is 18.7 Å². The van der Waals surface area contributed by atoms with Crippen molar-refractivity contribution in [3.8, 4) is 11.3 Å². The quantitative estimate of drug-likeness (QED) is 0.695. The van der Waals surface area contributed by atoms with Crippen molar-refractivity contribution in [2.75, 3.05) is 19.6 Å². The molecule has 0 spiro atoms. The third kappa shape index (κ3) is 4.47. The maximum absolute atomic E-state index is 11.8. The molecule has 2 aromatic rings. The number of aryl methyl sites for hydroxylation is 1. The number of amides is 4. The predicted octanol–water partition coefficient (Wildman–Crippen LogP) is 1.33. The summed E-state index contributed by atoms with van der Waals surface area (Å²) in [6.07, 6.45) is 3.17. The Labute approximate surface area is 150 Å². The van der Waals surface area contributed by atoms with Crippen molar-refractivity contribution in [1.29, 1.82) is 0 Å². The molecule has 0 atom stereocenters. The first-order valence-electron chi connectivity index (χ1n) is 8.48. The summed E-state index contributed by atoms with van der Waals surface area (Å²) in [7, 11) is 0. The molecule has 1 aromatic carbocycles. The highest BCUT2D eigenvalue weighted by Crippen LogP contribution is 2.20. The molecule has 1 saturated heterocycles. The van der Waals surface area contributed by atoms with Gasteiger partial charge < -0.3 is 15.1 Å². The molecule has 0 radical (unpaired) electrons. The molecule has 0 unspecified atom stereocenters. The molecule has 0 aliphatic carbocycles. The number of rotatable bonds is 8. The lowest BCUT2D eigenvalue weighted by Gasteiger charge is -2.12. The second-order valence-electron chi connectivity index (χ2n) is 5.89. The molecule has 26 heavy (non-hydrogen) atoms. The monoisotopic (exact) mass is 356 g/mol. The Kier molecular flexibility index (Phi) is 5.62. The maximum Gasteiger partial charge on any atom is 0.324 e. The van der Waals surface area contributed by atoms with Gasteiger partial charge in [-0.3, -0.25) is 14.5 Å². The van der Waals surface area contributed by atoms with Gasteiger partial charge in [0.1, 0.15) is 0 Å². The van der Waals surface area contributed by atoms with Crippen molar-refractivity contribution in [2.24, 2.45) is 0 Å². The molecule has 136 valence electrons. The minimum absolute atomic E-state index is 0.0217. The number of oxazole rings is 1. The molecular weight excluding hydrogens is 336 g/mol. The fraction of sp³-hybridized carbons (Fsp3) is 0.333. The van der Waals surface area contributed by atoms with E-state index < -0.39 is 6.03 Å². The van der Waals surface area contributed by atoms with Crippen LogP contribution >= 0.6 is 0 Å². The van der Waals surface area contributed by atoms with Gasteiger partial charge in [-0.1, -0.05) is 30.3 Å². The van der Waals surface area contributed by atoms with Crippen LogP contribution in [-0.4, -0.2) is 47.4 Å². The molecule has 1 aromatic heterocycles. The Balaban J connectivity index is 1.36. The van der Waals surface area contributed by atoms with Gasteiger partial charge in [-0.15, -0.1) is 0 Å². The van der Waals surface area contributed by atoms with E-state index in [-0.39, 0.29) is 31.4 Å². The van der Waals surface area contributed by atoms with Crippen molar-refractivity contribution in [3.63, 3.8) is 0 Å². The van der Waals surface area contributed by atoms with Crippen molar-refractivity contribution >= 4 is 17.8 Å². The number of nitrogens with one attached hydrogen (secondary N) is 2. The van der Waals surface area contributed by atoms with E-state index in [1.54, 1.807) is 6.20 Å². The third-order valence-corrected chi connectivity index (χ3v) is 4.00. The fourth-order valence-electron chi connectivity index (χ4n) is 2.64. The molecular formula is C18H20N4O4. The Hall–Kier alpha value is -3.16. The van der Waals surface area contributed by atoms with Gasteiger partial charge in [0.05, 0.1) is 12.7 Å². The minimum atomic E-state index is -0.414. The van der Waals surface area contributed by atoms with Crippen LogP contribution in [0.5, 0.6) is 0 Å². The van der Waals surface area contributed by atoms with Gasteiger partial charge in [-0.2, -0.15) is 0 Å². The maximum atomic E-state index is 11.8. The van der Waals surface area contributed by atoms with Crippen LogP contribution in [0.2, 0.25) is 0 Å². The zero-order chi connectivity index (χ0) is 18.4. The van der Waals surface area contributed by atoms with Gasteiger partial charge in [-0.25, -0.2) is 9.78 Å². The normalized spacial score (nSPS) is 13.8. The van der Waals surface area contributed by atoms with Crippen LogP contribution in [0.15, 0.2) is 40.9 Å². The molecule has 4 amide bonds. The predicted molar refractivity (Wildman–Crippen MR) is 93.0 cm³/mol. The summed E-state index contributed by atoms with van der Waals surface area (Å²) in [6, 6.07) is 9.28. The third-order valence-electron chi connectivity index (χ3n) is 4.00. The number of carbonyl (C=O) groups is 3. The molecule has 8 heteroatoms. The lowest BCUT2D eigenvalue weighted by Crippen LogP contribution is -2.38. The number of carbonyl (C=O) groups excluding carboxylic acids is 3. The SMILES string of the molecule is O=C(CCCc1ncc(-c2ccccc2)o1)NCCN1C(=O)CNC1=O. The summed E-state index contributed by atoms with van der Waals surface area (Å²) in [4.78, 5) is 39.9. The summed E-state index contributed by atoms with van der Waals surface area (Å²) in [6.45, 7) is 0.444. The van der Waals surface area contributed by atoms with E-state index in [0.717, 1.165) is 10.5 Å². The summed E-state index contributed by atoms with van der Waals surface area (Å²) >= 11 is 0. The van der Waals surface area contributed by atoms with Gasteiger partial charge >= 0.3 is 6.03 Å². The van der Waals surface area contributed by atoms with Crippen LogP contribution < -0.4 is 10.6 Å². The molecule has 8 nitrogen and oxygen atoms in total. The first-order chi connectivity index (χ1) is 12.6. The standard InChI is InChI=1S/C18H20N4O4/c23-15(19-9-10-22-17(24)12-21-18(22)25)7-4-8-16-20-11-14(26-16)13-5-2-1-3-6-13/h1-3,5-6,11H,4,7-10,12H2,(H,19,23)(H,21,25). The molecule has 2 heterocycles. The smallest absolute Gasteiger partial charge is 0.324 e. The highest BCUT2D eigenvalue weighted by molar-refractivity contribution is 6.01. The van der Waals surface area contributed by atoms with Gasteiger partial charge in [-0.05, 0) is 6.42 Å². The van der Waals surface area contributed by atoms with E-state index in [1.807, 2.05) is 30.3 Å². The first kappa shape index (κ1) is 17.7. The molecule has 1 aliphatic rings. The lowest BCUT2D eigenvalue weighted by atomic mass is 10.2.